The zero-order valence-electron chi connectivity index (χ0n) is 16.4. The van der Waals surface area contributed by atoms with Crippen molar-refractivity contribution in [2.45, 2.75) is 20.3 Å². The molecule has 0 fully saturated rings. The molecular weight excluding hydrogens is 474 g/mol. The molecule has 0 aliphatic heterocycles. The van der Waals surface area contributed by atoms with Gasteiger partial charge in [0.05, 0.1) is 23.7 Å². The van der Waals surface area contributed by atoms with Crippen LogP contribution in [0.15, 0.2) is 50.8 Å². The van der Waals surface area contributed by atoms with Gasteiger partial charge in [0.25, 0.3) is 5.56 Å². The summed E-state index contributed by atoms with van der Waals surface area (Å²) in [5.74, 6) is 0.421. The van der Waals surface area contributed by atoms with E-state index in [1.807, 2.05) is 13.0 Å². The minimum absolute atomic E-state index is 0.248. The molecular formula is C21H19BrClN3O4. The van der Waals surface area contributed by atoms with Crippen LogP contribution in [0.25, 0.3) is 10.9 Å². The molecule has 0 aliphatic rings. The average molecular weight is 493 g/mol. The van der Waals surface area contributed by atoms with Gasteiger partial charge in [0.2, 0.25) is 0 Å². The molecule has 0 bridgehead atoms. The Balaban J connectivity index is 2.00. The lowest BCUT2D eigenvalue weighted by atomic mass is 10.2. The van der Waals surface area contributed by atoms with E-state index in [1.165, 1.54) is 10.9 Å². The molecule has 3 aromatic rings. The highest BCUT2D eigenvalue weighted by Crippen LogP contribution is 2.22. The van der Waals surface area contributed by atoms with Crippen molar-refractivity contribution >= 4 is 50.6 Å². The van der Waals surface area contributed by atoms with Crippen molar-refractivity contribution in [2.75, 3.05) is 13.2 Å². The van der Waals surface area contributed by atoms with Gasteiger partial charge in [-0.25, -0.2) is 9.78 Å². The van der Waals surface area contributed by atoms with Crippen LogP contribution in [-0.4, -0.2) is 35.1 Å². The maximum absolute atomic E-state index is 13.0. The van der Waals surface area contributed by atoms with Gasteiger partial charge >= 0.3 is 5.97 Å². The predicted octanol–water partition coefficient (Wildman–Crippen LogP) is 4.20. The second-order valence-corrected chi connectivity index (χ2v) is 7.53. The van der Waals surface area contributed by atoms with E-state index in [1.54, 1.807) is 37.3 Å². The Hall–Kier alpha value is -2.71. The van der Waals surface area contributed by atoms with Crippen LogP contribution >= 0.6 is 27.5 Å². The van der Waals surface area contributed by atoms with Crippen LogP contribution in [0.3, 0.4) is 0 Å². The molecule has 3 rings (SSSR count). The summed E-state index contributed by atoms with van der Waals surface area (Å²) >= 11 is 9.48. The van der Waals surface area contributed by atoms with Crippen LogP contribution in [0.5, 0.6) is 5.75 Å². The largest absolute Gasteiger partial charge is 0.481 e. The van der Waals surface area contributed by atoms with Gasteiger partial charge in [-0.15, -0.1) is 0 Å². The van der Waals surface area contributed by atoms with Crippen molar-refractivity contribution in [3.05, 3.63) is 67.6 Å². The highest BCUT2D eigenvalue weighted by molar-refractivity contribution is 9.10. The summed E-state index contributed by atoms with van der Waals surface area (Å²) in [6.45, 7) is 3.64. The maximum atomic E-state index is 13.0. The number of hydrogen-bond donors (Lipinski definition) is 0. The number of ether oxygens (including phenoxy) is 2. The van der Waals surface area contributed by atoms with Crippen LogP contribution in [0.4, 0.5) is 0 Å². The molecule has 1 aromatic heterocycles. The summed E-state index contributed by atoms with van der Waals surface area (Å²) in [7, 11) is 0. The van der Waals surface area contributed by atoms with Gasteiger partial charge in [0.15, 0.2) is 6.61 Å². The van der Waals surface area contributed by atoms with Crippen LogP contribution in [0.2, 0.25) is 5.02 Å². The lowest BCUT2D eigenvalue weighted by Crippen LogP contribution is -2.22. The second-order valence-electron chi connectivity index (χ2n) is 6.18. The number of esters is 1. The molecule has 0 atom stereocenters. The van der Waals surface area contributed by atoms with E-state index in [-0.39, 0.29) is 18.8 Å². The van der Waals surface area contributed by atoms with E-state index >= 15 is 0 Å². The zero-order valence-corrected chi connectivity index (χ0v) is 18.7. The molecule has 0 radical (unpaired) electrons. The highest BCUT2D eigenvalue weighted by atomic mass is 79.9. The first kappa shape index (κ1) is 22.0. The molecule has 156 valence electrons. The van der Waals surface area contributed by atoms with Gasteiger partial charge < -0.3 is 9.47 Å². The number of hydrogen-bond acceptors (Lipinski definition) is 6. The molecule has 2 aromatic carbocycles. The summed E-state index contributed by atoms with van der Waals surface area (Å²) in [5, 5.41) is 5.25. The lowest BCUT2D eigenvalue weighted by molar-refractivity contribution is -0.145. The number of nitrogens with zero attached hydrogens (tertiary/aromatic N) is 3. The number of aryl methyl sites for hydroxylation is 1. The van der Waals surface area contributed by atoms with Crippen molar-refractivity contribution in [1.82, 2.24) is 9.66 Å². The number of benzene rings is 2. The molecule has 0 amide bonds. The summed E-state index contributed by atoms with van der Waals surface area (Å²) in [5.41, 5.74) is 0.827. The van der Waals surface area contributed by atoms with E-state index in [0.29, 0.717) is 39.5 Å². The van der Waals surface area contributed by atoms with Crippen LogP contribution in [-0.2, 0) is 16.0 Å². The van der Waals surface area contributed by atoms with Gasteiger partial charge in [0, 0.05) is 21.5 Å². The molecule has 7 nitrogen and oxygen atoms in total. The fraction of sp³-hybridized carbons (Fsp3) is 0.238. The van der Waals surface area contributed by atoms with Crippen LogP contribution < -0.4 is 10.3 Å². The van der Waals surface area contributed by atoms with Crippen molar-refractivity contribution in [2.24, 2.45) is 5.10 Å². The first-order chi connectivity index (χ1) is 14.4. The average Bonchev–Trinajstić information content (AvgIpc) is 2.72. The molecule has 0 saturated carbocycles. The van der Waals surface area contributed by atoms with Crippen LogP contribution in [0, 0.1) is 0 Å². The van der Waals surface area contributed by atoms with Gasteiger partial charge in [-0.1, -0.05) is 34.5 Å². The van der Waals surface area contributed by atoms with Gasteiger partial charge in [-0.05, 0) is 43.3 Å². The molecule has 0 aliphatic carbocycles. The Labute approximate surface area is 186 Å². The van der Waals surface area contributed by atoms with Crippen molar-refractivity contribution in [3.63, 3.8) is 0 Å². The third kappa shape index (κ3) is 5.06. The summed E-state index contributed by atoms with van der Waals surface area (Å²) < 4.78 is 12.4. The molecule has 0 spiro atoms. The standard InChI is InChI=1S/C21H19BrClN3O4/c1-3-19-25-17-7-5-14(22)10-16(17)21(28)26(19)24-11-13-9-15(23)6-8-18(13)30-12-20(27)29-4-2/h5-11H,3-4,12H2,1-2H3. The molecule has 0 N–H and O–H groups in total. The quantitative estimate of drug-likeness (QED) is 0.365. The summed E-state index contributed by atoms with van der Waals surface area (Å²) in [6.07, 6.45) is 1.97. The van der Waals surface area contributed by atoms with Crippen LogP contribution in [0.1, 0.15) is 25.2 Å². The molecule has 0 unspecified atom stereocenters. The topological polar surface area (TPSA) is 82.8 Å². The zero-order chi connectivity index (χ0) is 21.7. The summed E-state index contributed by atoms with van der Waals surface area (Å²) in [4.78, 5) is 29.1. The van der Waals surface area contributed by atoms with E-state index in [4.69, 9.17) is 21.1 Å². The minimum Gasteiger partial charge on any atom is -0.481 e. The van der Waals surface area contributed by atoms with Crippen molar-refractivity contribution < 1.29 is 14.3 Å². The molecule has 30 heavy (non-hydrogen) atoms. The molecule has 9 heteroatoms. The Morgan fingerprint density at radius 3 is 2.80 bits per heavy atom. The van der Waals surface area contributed by atoms with Crippen molar-refractivity contribution in [1.29, 1.82) is 0 Å². The normalized spacial score (nSPS) is 11.2. The fourth-order valence-corrected chi connectivity index (χ4v) is 3.30. The molecule has 1 heterocycles. The Morgan fingerprint density at radius 1 is 1.27 bits per heavy atom. The van der Waals surface area contributed by atoms with E-state index in [9.17, 15) is 9.59 Å². The molecule has 0 saturated heterocycles. The number of carbonyl (C=O) groups is 1. The Morgan fingerprint density at radius 2 is 2.07 bits per heavy atom. The van der Waals surface area contributed by atoms with Gasteiger partial charge in [-0.2, -0.15) is 9.78 Å². The maximum Gasteiger partial charge on any atom is 0.344 e. The van der Waals surface area contributed by atoms with Crippen molar-refractivity contribution in [3.8, 4) is 5.75 Å². The highest BCUT2D eigenvalue weighted by Gasteiger charge is 2.11. The predicted molar refractivity (Wildman–Crippen MR) is 120 cm³/mol. The Kier molecular flexibility index (Phi) is 7.23. The number of carbonyl (C=O) groups excluding carboxylic acids is 1. The SMILES string of the molecule is CCOC(=O)COc1ccc(Cl)cc1C=Nn1c(CC)nc2ccc(Br)cc2c1=O. The number of rotatable bonds is 7. The summed E-state index contributed by atoms with van der Waals surface area (Å²) in [6, 6.07) is 10.2. The smallest absolute Gasteiger partial charge is 0.344 e. The van der Waals surface area contributed by atoms with E-state index in [2.05, 4.69) is 26.0 Å². The number of fused-ring (bicyclic) bond motifs is 1. The number of aromatic nitrogens is 2. The second kappa shape index (κ2) is 9.86. The third-order valence-electron chi connectivity index (χ3n) is 4.13. The minimum atomic E-state index is -0.482. The third-order valence-corrected chi connectivity index (χ3v) is 4.85. The van der Waals surface area contributed by atoms with E-state index in [0.717, 1.165) is 4.47 Å². The lowest BCUT2D eigenvalue weighted by Gasteiger charge is -2.10. The van der Waals surface area contributed by atoms with Gasteiger partial charge in [0.1, 0.15) is 11.6 Å². The van der Waals surface area contributed by atoms with E-state index < -0.39 is 5.97 Å². The number of halogens is 2. The monoisotopic (exact) mass is 491 g/mol. The Bertz CT molecular complexity index is 1180. The van der Waals surface area contributed by atoms with Gasteiger partial charge in [-0.3, -0.25) is 4.79 Å². The first-order valence-electron chi connectivity index (χ1n) is 9.26. The first-order valence-corrected chi connectivity index (χ1v) is 10.4. The fourth-order valence-electron chi connectivity index (χ4n) is 2.75.